The van der Waals surface area contributed by atoms with Gasteiger partial charge in [0.05, 0.1) is 24.9 Å². The van der Waals surface area contributed by atoms with Crippen molar-refractivity contribution in [2.75, 3.05) is 13.7 Å². The lowest BCUT2D eigenvalue weighted by molar-refractivity contribution is -0.386. The highest BCUT2D eigenvalue weighted by Crippen LogP contribution is 2.38. The van der Waals surface area contributed by atoms with E-state index in [1.165, 1.54) is 24.1 Å². The number of methoxy groups -OCH3 is 1. The van der Waals surface area contributed by atoms with E-state index in [1.807, 2.05) is 37.3 Å². The molecule has 1 N–H and O–H groups in total. The second-order valence-corrected chi connectivity index (χ2v) is 6.73. The summed E-state index contributed by atoms with van der Waals surface area (Å²) in [7, 11) is 1.43. The molecule has 30 heavy (non-hydrogen) atoms. The summed E-state index contributed by atoms with van der Waals surface area (Å²) >= 11 is 5.27. The summed E-state index contributed by atoms with van der Waals surface area (Å²) in [5.41, 5.74) is 1.33. The number of hydrogen-bond acceptors (Lipinski definition) is 7. The quantitative estimate of drug-likeness (QED) is 0.238. The van der Waals surface area contributed by atoms with Crippen LogP contribution >= 0.6 is 12.2 Å². The maximum absolute atomic E-state index is 11.5. The third kappa shape index (κ3) is 4.90. The zero-order chi connectivity index (χ0) is 21.5. The molecule has 0 saturated heterocycles. The Hall–Kier alpha value is -3.53. The maximum Gasteiger partial charge on any atom is 0.315 e. The van der Waals surface area contributed by atoms with Crippen LogP contribution in [0.4, 0.5) is 5.69 Å². The van der Waals surface area contributed by atoms with E-state index in [1.54, 1.807) is 6.07 Å². The molecule has 0 aliphatic carbocycles. The lowest BCUT2D eigenvalue weighted by atomic mass is 10.1. The van der Waals surface area contributed by atoms with Crippen LogP contribution in [-0.4, -0.2) is 39.7 Å². The van der Waals surface area contributed by atoms with Gasteiger partial charge in [-0.2, -0.15) is 14.9 Å². The van der Waals surface area contributed by atoms with E-state index < -0.39 is 4.92 Å². The minimum Gasteiger partial charge on any atom is -0.493 e. The van der Waals surface area contributed by atoms with Gasteiger partial charge in [0.25, 0.3) is 0 Å². The van der Waals surface area contributed by atoms with Crippen molar-refractivity contribution in [2.24, 2.45) is 5.10 Å². The second kappa shape index (κ2) is 9.79. The molecule has 0 aliphatic heterocycles. The van der Waals surface area contributed by atoms with E-state index >= 15 is 0 Å². The highest BCUT2D eigenvalue weighted by molar-refractivity contribution is 7.71. The van der Waals surface area contributed by atoms with Gasteiger partial charge >= 0.3 is 5.69 Å². The van der Waals surface area contributed by atoms with Crippen LogP contribution in [0.15, 0.2) is 47.6 Å². The van der Waals surface area contributed by atoms with Gasteiger partial charge in [0.1, 0.15) is 0 Å². The number of nitro benzene ring substituents is 1. The average Bonchev–Trinajstić information content (AvgIpc) is 3.10. The first-order valence-corrected chi connectivity index (χ1v) is 9.68. The molecule has 0 spiro atoms. The van der Waals surface area contributed by atoms with E-state index in [-0.39, 0.29) is 17.2 Å². The Bertz CT molecular complexity index is 1110. The normalized spacial score (nSPS) is 11.0. The number of benzene rings is 2. The van der Waals surface area contributed by atoms with E-state index in [9.17, 15) is 10.1 Å². The molecule has 0 fully saturated rings. The first-order valence-electron chi connectivity index (χ1n) is 9.27. The Kier molecular flexibility index (Phi) is 6.91. The van der Waals surface area contributed by atoms with Crippen LogP contribution < -0.4 is 9.47 Å². The minimum absolute atomic E-state index is 0.103. The molecule has 0 atom stereocenters. The van der Waals surface area contributed by atoms with Crippen LogP contribution in [0.5, 0.6) is 11.5 Å². The molecule has 10 heteroatoms. The third-order valence-electron chi connectivity index (χ3n) is 4.17. The van der Waals surface area contributed by atoms with Crippen molar-refractivity contribution in [3.05, 3.63) is 74.3 Å². The van der Waals surface area contributed by atoms with Gasteiger partial charge in [-0.25, -0.2) is 0 Å². The summed E-state index contributed by atoms with van der Waals surface area (Å²) in [4.78, 5) is 11.0. The summed E-state index contributed by atoms with van der Waals surface area (Å²) < 4.78 is 12.6. The Morgan fingerprint density at radius 1 is 1.33 bits per heavy atom. The Labute approximate surface area is 178 Å². The first kappa shape index (κ1) is 21.2. The SMILES string of the molecule is CCCOc1c(OC)cc(/C=N\n2c(Cc3ccccc3)n[nH]c2=S)cc1[N+](=O)[O-]. The molecule has 0 saturated carbocycles. The highest BCUT2D eigenvalue weighted by atomic mass is 32.1. The summed E-state index contributed by atoms with van der Waals surface area (Å²) in [6.45, 7) is 2.26. The average molecular weight is 427 g/mol. The molecule has 156 valence electrons. The summed E-state index contributed by atoms with van der Waals surface area (Å²) in [5.74, 6) is 0.984. The summed E-state index contributed by atoms with van der Waals surface area (Å²) in [6.07, 6.45) is 2.71. The van der Waals surface area contributed by atoms with Gasteiger partial charge in [-0.15, -0.1) is 0 Å². The molecule has 0 aliphatic rings. The largest absolute Gasteiger partial charge is 0.493 e. The molecular formula is C20H21N5O4S. The fraction of sp³-hybridized carbons (Fsp3) is 0.250. The Morgan fingerprint density at radius 2 is 2.10 bits per heavy atom. The van der Waals surface area contributed by atoms with E-state index in [0.717, 1.165) is 5.56 Å². The fourth-order valence-corrected chi connectivity index (χ4v) is 2.98. The van der Waals surface area contributed by atoms with Crippen molar-refractivity contribution in [1.82, 2.24) is 14.9 Å². The Balaban J connectivity index is 1.95. The molecule has 2 aromatic carbocycles. The minimum atomic E-state index is -0.505. The smallest absolute Gasteiger partial charge is 0.315 e. The van der Waals surface area contributed by atoms with E-state index in [0.29, 0.717) is 35.6 Å². The van der Waals surface area contributed by atoms with Crippen LogP contribution in [0.25, 0.3) is 0 Å². The molecular weight excluding hydrogens is 406 g/mol. The molecule has 3 aromatic rings. The summed E-state index contributed by atoms with van der Waals surface area (Å²) in [5, 5.41) is 22.9. The van der Waals surface area contributed by atoms with Crippen molar-refractivity contribution < 1.29 is 14.4 Å². The van der Waals surface area contributed by atoms with Crippen molar-refractivity contribution in [2.45, 2.75) is 19.8 Å². The lowest BCUT2D eigenvalue weighted by Gasteiger charge is -2.11. The number of aromatic amines is 1. The monoisotopic (exact) mass is 427 g/mol. The topological polar surface area (TPSA) is 108 Å². The number of rotatable bonds is 9. The van der Waals surface area contributed by atoms with E-state index in [4.69, 9.17) is 21.7 Å². The van der Waals surface area contributed by atoms with Gasteiger partial charge in [0, 0.05) is 18.1 Å². The molecule has 1 heterocycles. The van der Waals surface area contributed by atoms with Crippen LogP contribution in [0.2, 0.25) is 0 Å². The molecule has 0 bridgehead atoms. The molecule has 0 radical (unpaired) electrons. The number of nitrogens with one attached hydrogen (secondary N) is 1. The second-order valence-electron chi connectivity index (χ2n) is 6.34. The summed E-state index contributed by atoms with van der Waals surface area (Å²) in [6, 6.07) is 12.8. The van der Waals surface area contributed by atoms with Crippen molar-refractivity contribution in [3.8, 4) is 11.5 Å². The Morgan fingerprint density at radius 3 is 2.77 bits per heavy atom. The van der Waals surface area contributed by atoms with Crippen LogP contribution in [-0.2, 0) is 6.42 Å². The number of nitrogens with zero attached hydrogens (tertiary/aromatic N) is 4. The van der Waals surface area contributed by atoms with Crippen molar-refractivity contribution >= 4 is 24.1 Å². The van der Waals surface area contributed by atoms with Gasteiger partial charge < -0.3 is 9.47 Å². The maximum atomic E-state index is 11.5. The van der Waals surface area contributed by atoms with Gasteiger partial charge in [-0.3, -0.25) is 15.2 Å². The fourth-order valence-electron chi connectivity index (χ4n) is 2.78. The van der Waals surface area contributed by atoms with Gasteiger partial charge in [-0.05, 0) is 30.3 Å². The zero-order valence-corrected chi connectivity index (χ0v) is 17.4. The number of ether oxygens (including phenoxy) is 2. The predicted octanol–water partition coefficient (Wildman–Crippen LogP) is 4.12. The zero-order valence-electron chi connectivity index (χ0n) is 16.6. The molecule has 0 amide bonds. The molecule has 9 nitrogen and oxygen atoms in total. The van der Waals surface area contributed by atoms with Gasteiger partial charge in [0.2, 0.25) is 10.5 Å². The van der Waals surface area contributed by atoms with Crippen molar-refractivity contribution in [1.29, 1.82) is 0 Å². The molecule has 1 aromatic heterocycles. The van der Waals surface area contributed by atoms with Crippen LogP contribution in [0.1, 0.15) is 30.3 Å². The predicted molar refractivity (Wildman–Crippen MR) is 115 cm³/mol. The van der Waals surface area contributed by atoms with Crippen LogP contribution in [0.3, 0.4) is 0 Å². The number of aromatic nitrogens is 3. The number of hydrogen-bond donors (Lipinski definition) is 1. The number of H-pyrrole nitrogens is 1. The van der Waals surface area contributed by atoms with Gasteiger partial charge in [0.15, 0.2) is 11.6 Å². The number of nitro groups is 1. The first-order chi connectivity index (χ1) is 14.5. The standard InChI is InChI=1S/C20H21N5O4S/c1-3-9-29-19-16(25(26)27)10-15(11-17(19)28-2)13-21-24-18(22-23-20(24)30)12-14-7-5-4-6-8-14/h4-8,10-11,13H,3,9,12H2,1-2H3,(H,23,30)/b21-13-. The van der Waals surface area contributed by atoms with Gasteiger partial charge in [-0.1, -0.05) is 37.3 Å². The molecule has 3 rings (SSSR count). The highest BCUT2D eigenvalue weighted by Gasteiger charge is 2.22. The lowest BCUT2D eigenvalue weighted by Crippen LogP contribution is -2.04. The van der Waals surface area contributed by atoms with E-state index in [2.05, 4.69) is 15.3 Å². The molecule has 0 unspecified atom stereocenters. The van der Waals surface area contributed by atoms with Crippen molar-refractivity contribution in [3.63, 3.8) is 0 Å². The third-order valence-corrected chi connectivity index (χ3v) is 4.43. The van der Waals surface area contributed by atoms with Crippen LogP contribution in [0, 0.1) is 14.9 Å².